The van der Waals surface area contributed by atoms with Crippen LogP contribution in [-0.4, -0.2) is 52.6 Å². The molecule has 3 aromatic rings. The van der Waals surface area contributed by atoms with Crippen molar-refractivity contribution in [2.45, 2.75) is 26.7 Å². The van der Waals surface area contributed by atoms with Gasteiger partial charge in [0.15, 0.2) is 0 Å². The van der Waals surface area contributed by atoms with Gasteiger partial charge in [0.05, 0.1) is 26.4 Å². The molecule has 0 unspecified atom stereocenters. The summed E-state index contributed by atoms with van der Waals surface area (Å²) in [6.45, 7) is 13.4. The number of hydrogen-bond acceptors (Lipinski definition) is 5. The number of ether oxygens (including phenoxy) is 3. The van der Waals surface area contributed by atoms with Crippen molar-refractivity contribution >= 4 is 11.4 Å². The second kappa shape index (κ2) is 9.21. The lowest BCUT2D eigenvalue weighted by Gasteiger charge is -2.35. The fourth-order valence-corrected chi connectivity index (χ4v) is 5.98. The molecule has 0 spiro atoms. The van der Waals surface area contributed by atoms with Crippen LogP contribution in [0.2, 0.25) is 0 Å². The van der Waals surface area contributed by atoms with E-state index >= 15 is 0 Å². The first kappa shape index (κ1) is 22.4. The lowest BCUT2D eigenvalue weighted by atomic mass is 9.78. The van der Waals surface area contributed by atoms with E-state index in [9.17, 15) is 0 Å². The molecule has 3 aliphatic rings. The smallest absolute Gasteiger partial charge is 0.133 e. The highest BCUT2D eigenvalue weighted by molar-refractivity contribution is 5.67. The Morgan fingerprint density at radius 2 is 1.09 bits per heavy atom. The Labute approximate surface area is 208 Å². The van der Waals surface area contributed by atoms with E-state index in [2.05, 4.69) is 79.1 Å². The van der Waals surface area contributed by atoms with Gasteiger partial charge in [-0.05, 0) is 49.6 Å². The molecule has 0 atom stereocenters. The van der Waals surface area contributed by atoms with E-state index in [1.165, 1.54) is 44.8 Å². The predicted octanol–water partition coefficient (Wildman–Crippen LogP) is 5.57. The summed E-state index contributed by atoms with van der Waals surface area (Å²) in [7, 11) is 0. The third-order valence-corrected chi connectivity index (χ3v) is 7.62. The van der Waals surface area contributed by atoms with Gasteiger partial charge >= 0.3 is 0 Å². The van der Waals surface area contributed by atoms with Crippen molar-refractivity contribution in [3.05, 3.63) is 81.9 Å². The van der Waals surface area contributed by atoms with Gasteiger partial charge in [0.2, 0.25) is 0 Å². The van der Waals surface area contributed by atoms with E-state index in [1.54, 1.807) is 0 Å². The van der Waals surface area contributed by atoms with Gasteiger partial charge in [0.1, 0.15) is 11.5 Å². The van der Waals surface area contributed by atoms with Gasteiger partial charge in [-0.3, -0.25) is 0 Å². The topological polar surface area (TPSA) is 34.2 Å². The molecule has 182 valence electrons. The van der Waals surface area contributed by atoms with Gasteiger partial charge in [-0.25, -0.2) is 0 Å². The van der Waals surface area contributed by atoms with Crippen LogP contribution in [0.3, 0.4) is 0 Å². The molecule has 3 aromatic carbocycles. The van der Waals surface area contributed by atoms with Crippen LogP contribution in [0.1, 0.15) is 39.3 Å². The monoisotopic (exact) mass is 470 g/mol. The van der Waals surface area contributed by atoms with Crippen molar-refractivity contribution in [2.75, 3.05) is 62.4 Å². The van der Waals surface area contributed by atoms with E-state index < -0.39 is 0 Å². The molecule has 0 radical (unpaired) electrons. The molecule has 0 aromatic heterocycles. The Bertz CT molecular complexity index is 1150. The molecule has 5 heteroatoms. The summed E-state index contributed by atoms with van der Waals surface area (Å²) in [5, 5.41) is 0. The second-order valence-electron chi connectivity index (χ2n) is 9.99. The number of hydrogen-bond donors (Lipinski definition) is 0. The number of rotatable bonds is 3. The molecule has 5 nitrogen and oxygen atoms in total. The lowest BCUT2D eigenvalue weighted by Crippen LogP contribution is -2.36. The maximum atomic E-state index is 6.68. The van der Waals surface area contributed by atoms with Gasteiger partial charge in [-0.1, -0.05) is 29.8 Å². The molecule has 2 fully saturated rings. The predicted molar refractivity (Wildman–Crippen MR) is 141 cm³/mol. The summed E-state index contributed by atoms with van der Waals surface area (Å²) in [5.74, 6) is 2.07. The Kier molecular flexibility index (Phi) is 5.91. The van der Waals surface area contributed by atoms with Crippen molar-refractivity contribution in [1.82, 2.24) is 0 Å². The first-order chi connectivity index (χ1) is 17.1. The molecule has 2 saturated heterocycles. The fraction of sp³-hybridized carbons (Fsp3) is 0.400. The summed E-state index contributed by atoms with van der Waals surface area (Å²) in [4.78, 5) is 4.79. The minimum Gasteiger partial charge on any atom is -0.457 e. The van der Waals surface area contributed by atoms with Crippen molar-refractivity contribution < 1.29 is 14.2 Å². The Morgan fingerprint density at radius 1 is 0.629 bits per heavy atom. The molecule has 6 rings (SSSR count). The van der Waals surface area contributed by atoms with Crippen LogP contribution < -0.4 is 14.5 Å². The zero-order chi connectivity index (χ0) is 23.9. The largest absolute Gasteiger partial charge is 0.457 e. The number of nitrogens with zero attached hydrogens (tertiary/aromatic N) is 2. The molecule has 0 saturated carbocycles. The average Bonchev–Trinajstić information content (AvgIpc) is 2.88. The fourth-order valence-electron chi connectivity index (χ4n) is 5.98. The van der Waals surface area contributed by atoms with E-state index in [1.807, 2.05) is 0 Å². The molecule has 0 bridgehead atoms. The van der Waals surface area contributed by atoms with Crippen molar-refractivity contribution in [2.24, 2.45) is 0 Å². The summed E-state index contributed by atoms with van der Waals surface area (Å²) in [5.41, 5.74) is 10.3. The van der Waals surface area contributed by atoms with Crippen LogP contribution in [0.15, 0.2) is 48.5 Å². The van der Waals surface area contributed by atoms with Gasteiger partial charge in [-0.15, -0.1) is 0 Å². The van der Waals surface area contributed by atoms with E-state index in [-0.39, 0.29) is 5.92 Å². The third-order valence-electron chi connectivity index (χ3n) is 7.62. The van der Waals surface area contributed by atoms with Crippen LogP contribution in [0, 0.1) is 20.8 Å². The van der Waals surface area contributed by atoms with Crippen LogP contribution in [-0.2, 0) is 9.47 Å². The molecule has 3 aliphatic heterocycles. The van der Waals surface area contributed by atoms with Crippen LogP contribution in [0.5, 0.6) is 11.5 Å². The average molecular weight is 471 g/mol. The maximum Gasteiger partial charge on any atom is 0.133 e. The summed E-state index contributed by atoms with van der Waals surface area (Å²) < 4.78 is 17.8. The highest BCUT2D eigenvalue weighted by Gasteiger charge is 2.32. The van der Waals surface area contributed by atoms with Gasteiger partial charge in [-0.2, -0.15) is 0 Å². The minimum absolute atomic E-state index is 0.145. The number of benzene rings is 3. The zero-order valence-electron chi connectivity index (χ0n) is 21.0. The molecular weight excluding hydrogens is 436 g/mol. The molecule has 0 aliphatic carbocycles. The molecule has 35 heavy (non-hydrogen) atoms. The first-order valence-electron chi connectivity index (χ1n) is 12.8. The lowest BCUT2D eigenvalue weighted by molar-refractivity contribution is 0.122. The summed E-state index contributed by atoms with van der Waals surface area (Å²) >= 11 is 0. The van der Waals surface area contributed by atoms with Crippen molar-refractivity contribution in [3.63, 3.8) is 0 Å². The van der Waals surface area contributed by atoms with Crippen molar-refractivity contribution in [3.8, 4) is 11.5 Å². The van der Waals surface area contributed by atoms with Crippen LogP contribution in [0.4, 0.5) is 11.4 Å². The maximum absolute atomic E-state index is 6.68. The Hall–Kier alpha value is -3.02. The molecular formula is C30H34N2O3. The third kappa shape index (κ3) is 4.17. The Morgan fingerprint density at radius 3 is 1.54 bits per heavy atom. The van der Waals surface area contributed by atoms with Gasteiger partial charge in [0, 0.05) is 66.7 Å². The number of fused-ring (bicyclic) bond motifs is 2. The quantitative estimate of drug-likeness (QED) is 0.391. The highest BCUT2D eigenvalue weighted by Crippen LogP contribution is 2.50. The van der Waals surface area contributed by atoms with Crippen LogP contribution >= 0.6 is 0 Å². The van der Waals surface area contributed by atoms with Crippen LogP contribution in [0.25, 0.3) is 0 Å². The highest BCUT2D eigenvalue weighted by atomic mass is 16.5. The zero-order valence-corrected chi connectivity index (χ0v) is 21.0. The summed E-state index contributed by atoms with van der Waals surface area (Å²) in [6.07, 6.45) is 0. The number of morpholine rings is 2. The SMILES string of the molecule is Cc1cc(C)c(C2c3ccc(N4CCOCC4)cc3Oc3cc(N4CCOCC4)ccc32)c(C)c1. The van der Waals surface area contributed by atoms with E-state index in [4.69, 9.17) is 14.2 Å². The molecule has 0 N–H and O–H groups in total. The number of anilines is 2. The normalized spacial score (nSPS) is 18.1. The minimum atomic E-state index is 0.145. The molecule has 0 amide bonds. The second-order valence-corrected chi connectivity index (χ2v) is 9.99. The Balaban J connectivity index is 1.48. The van der Waals surface area contributed by atoms with Gasteiger partial charge in [0.25, 0.3) is 0 Å². The molecule has 3 heterocycles. The van der Waals surface area contributed by atoms with Gasteiger partial charge < -0.3 is 24.0 Å². The number of aryl methyl sites for hydroxylation is 3. The first-order valence-corrected chi connectivity index (χ1v) is 12.8. The van der Waals surface area contributed by atoms with E-state index in [0.29, 0.717) is 0 Å². The standard InChI is InChI=1S/C30H34N2O3/c1-20-16-21(2)29(22(3)17-20)30-25-6-4-23(31-8-12-33-13-9-31)18-27(25)35-28-19-24(5-7-26(28)30)32-10-14-34-15-11-32/h4-7,16-19,30H,8-15H2,1-3H3. The van der Waals surface area contributed by atoms with E-state index in [0.717, 1.165) is 64.1 Å². The van der Waals surface area contributed by atoms with Crippen molar-refractivity contribution in [1.29, 1.82) is 0 Å². The summed E-state index contributed by atoms with van der Waals surface area (Å²) in [6, 6.07) is 18.2.